The third kappa shape index (κ3) is 3.57. The highest BCUT2D eigenvalue weighted by atomic mass is 35.5. The number of morpholine rings is 1. The first-order chi connectivity index (χ1) is 14.1. The van der Waals surface area contributed by atoms with Crippen LogP contribution in [-0.2, 0) is 4.74 Å². The largest absolute Gasteiger partial charge is 0.373 e. The summed E-state index contributed by atoms with van der Waals surface area (Å²) < 4.78 is 5.91. The van der Waals surface area contributed by atoms with Gasteiger partial charge in [-0.25, -0.2) is 4.98 Å². The molecule has 0 aliphatic carbocycles. The fraction of sp³-hybridized carbons (Fsp3) is 0.333. The zero-order valence-corrected chi connectivity index (χ0v) is 17.2. The van der Waals surface area contributed by atoms with Crippen LogP contribution in [0.1, 0.15) is 0 Å². The van der Waals surface area contributed by atoms with Gasteiger partial charge in [-0.2, -0.15) is 5.10 Å². The van der Waals surface area contributed by atoms with Gasteiger partial charge < -0.3 is 19.5 Å². The molecule has 1 atom stereocenters. The maximum Gasteiger partial charge on any atom is 0.159 e. The third-order valence-corrected chi connectivity index (χ3v) is 5.52. The van der Waals surface area contributed by atoms with Gasteiger partial charge in [0, 0.05) is 35.7 Å². The Hall–Kier alpha value is -2.61. The highest BCUT2D eigenvalue weighted by Crippen LogP contribution is 2.30. The predicted molar refractivity (Wildman–Crippen MR) is 117 cm³/mol. The fourth-order valence-electron chi connectivity index (χ4n) is 3.94. The number of fused-ring (bicyclic) bond motifs is 2. The topological polar surface area (TPSA) is 73.1 Å². The lowest BCUT2D eigenvalue weighted by atomic mass is 10.2. The number of aromatic amines is 2. The average Bonchev–Trinajstić information content (AvgIpc) is 3.30. The lowest BCUT2D eigenvalue weighted by Crippen LogP contribution is -2.46. The van der Waals surface area contributed by atoms with Gasteiger partial charge in [-0.3, -0.25) is 5.10 Å². The van der Waals surface area contributed by atoms with Gasteiger partial charge in [-0.15, -0.1) is 0 Å². The van der Waals surface area contributed by atoms with E-state index in [9.17, 15) is 0 Å². The second-order valence-electron chi connectivity index (χ2n) is 7.75. The van der Waals surface area contributed by atoms with Crippen molar-refractivity contribution in [3.05, 3.63) is 41.4 Å². The molecule has 1 fully saturated rings. The number of nitrogens with zero attached hydrogens (tertiary/aromatic N) is 4. The summed E-state index contributed by atoms with van der Waals surface area (Å²) in [7, 11) is 4.15. The Morgan fingerprint density at radius 3 is 2.97 bits per heavy atom. The SMILES string of the molecule is CN(C)CC1CN(c2ccc3nc(-c4n[nH]c5ccc(Cl)cc45)[nH]c3c2)CCO1. The van der Waals surface area contributed by atoms with Crippen molar-refractivity contribution in [1.82, 2.24) is 25.1 Å². The van der Waals surface area contributed by atoms with E-state index in [-0.39, 0.29) is 6.10 Å². The summed E-state index contributed by atoms with van der Waals surface area (Å²) in [5.41, 5.74) is 4.80. The number of anilines is 1. The number of hydrogen-bond donors (Lipinski definition) is 2. The Kier molecular flexibility index (Phi) is 4.66. The van der Waals surface area contributed by atoms with Gasteiger partial charge in [0.2, 0.25) is 0 Å². The van der Waals surface area contributed by atoms with Gasteiger partial charge in [0.1, 0.15) is 5.69 Å². The molecule has 29 heavy (non-hydrogen) atoms. The molecule has 5 rings (SSSR count). The average molecular weight is 411 g/mol. The maximum absolute atomic E-state index is 6.17. The Bertz CT molecular complexity index is 1170. The van der Waals surface area contributed by atoms with Crippen molar-refractivity contribution in [2.45, 2.75) is 6.10 Å². The van der Waals surface area contributed by atoms with Crippen LogP contribution >= 0.6 is 11.6 Å². The molecule has 1 aliphatic rings. The molecule has 8 heteroatoms. The zero-order chi connectivity index (χ0) is 20.0. The second-order valence-corrected chi connectivity index (χ2v) is 8.19. The zero-order valence-electron chi connectivity index (χ0n) is 16.4. The van der Waals surface area contributed by atoms with E-state index < -0.39 is 0 Å². The molecule has 1 unspecified atom stereocenters. The van der Waals surface area contributed by atoms with Crippen molar-refractivity contribution in [3.8, 4) is 11.5 Å². The number of hydrogen-bond acceptors (Lipinski definition) is 5. The van der Waals surface area contributed by atoms with Crippen molar-refractivity contribution in [2.24, 2.45) is 0 Å². The number of H-pyrrole nitrogens is 2. The lowest BCUT2D eigenvalue weighted by Gasteiger charge is -2.35. The van der Waals surface area contributed by atoms with Gasteiger partial charge in [0.15, 0.2) is 5.82 Å². The monoisotopic (exact) mass is 410 g/mol. The number of aromatic nitrogens is 4. The van der Waals surface area contributed by atoms with E-state index in [2.05, 4.69) is 57.3 Å². The van der Waals surface area contributed by atoms with E-state index in [0.717, 1.165) is 59.7 Å². The molecule has 2 N–H and O–H groups in total. The van der Waals surface area contributed by atoms with Crippen LogP contribution in [0.5, 0.6) is 0 Å². The molecule has 7 nitrogen and oxygen atoms in total. The summed E-state index contributed by atoms with van der Waals surface area (Å²) in [5.74, 6) is 0.734. The molecule has 0 amide bonds. The van der Waals surface area contributed by atoms with Crippen LogP contribution in [0, 0.1) is 0 Å². The van der Waals surface area contributed by atoms with Crippen molar-refractivity contribution < 1.29 is 4.74 Å². The van der Waals surface area contributed by atoms with Gasteiger partial charge in [-0.1, -0.05) is 11.6 Å². The first kappa shape index (κ1) is 18.4. The summed E-state index contributed by atoms with van der Waals surface area (Å²) in [6.45, 7) is 3.43. The van der Waals surface area contributed by atoms with E-state index in [1.807, 2.05) is 18.2 Å². The van der Waals surface area contributed by atoms with E-state index in [1.54, 1.807) is 0 Å². The minimum absolute atomic E-state index is 0.215. The van der Waals surface area contributed by atoms with E-state index >= 15 is 0 Å². The molecule has 150 valence electrons. The molecule has 0 radical (unpaired) electrons. The minimum atomic E-state index is 0.215. The highest BCUT2D eigenvalue weighted by Gasteiger charge is 2.22. The number of benzene rings is 2. The molecular formula is C21H23ClN6O. The molecule has 4 aromatic rings. The molecule has 0 saturated carbocycles. The van der Waals surface area contributed by atoms with E-state index in [4.69, 9.17) is 21.3 Å². The summed E-state index contributed by atoms with van der Waals surface area (Å²) in [5, 5.41) is 9.12. The number of ether oxygens (including phenoxy) is 1. The number of likely N-dealkylation sites (N-methyl/N-ethyl adjacent to an activating group) is 1. The summed E-state index contributed by atoms with van der Waals surface area (Å²) in [6.07, 6.45) is 0.215. The first-order valence-corrected chi connectivity index (χ1v) is 10.1. The van der Waals surface area contributed by atoms with Crippen LogP contribution in [0.2, 0.25) is 5.02 Å². The van der Waals surface area contributed by atoms with Crippen LogP contribution < -0.4 is 4.90 Å². The molecule has 0 spiro atoms. The second kappa shape index (κ2) is 7.33. The van der Waals surface area contributed by atoms with Crippen molar-refractivity contribution in [2.75, 3.05) is 45.2 Å². The van der Waals surface area contributed by atoms with Crippen LogP contribution in [0.3, 0.4) is 0 Å². The number of imidazole rings is 1. The van der Waals surface area contributed by atoms with Gasteiger partial charge in [0.25, 0.3) is 0 Å². The molecule has 2 aromatic heterocycles. The maximum atomic E-state index is 6.17. The van der Waals surface area contributed by atoms with Crippen LogP contribution in [0.15, 0.2) is 36.4 Å². The molecular weight excluding hydrogens is 388 g/mol. The van der Waals surface area contributed by atoms with Gasteiger partial charge in [-0.05, 0) is 50.5 Å². The van der Waals surface area contributed by atoms with Crippen molar-refractivity contribution in [1.29, 1.82) is 0 Å². The summed E-state index contributed by atoms with van der Waals surface area (Å²) >= 11 is 6.17. The lowest BCUT2D eigenvalue weighted by molar-refractivity contribution is 0.0248. The molecule has 2 aromatic carbocycles. The van der Waals surface area contributed by atoms with Crippen LogP contribution in [0.25, 0.3) is 33.5 Å². The Labute approximate surface area is 173 Å². The number of rotatable bonds is 4. The quantitative estimate of drug-likeness (QED) is 0.538. The van der Waals surface area contributed by atoms with E-state index in [0.29, 0.717) is 5.02 Å². The third-order valence-electron chi connectivity index (χ3n) is 5.29. The molecule has 3 heterocycles. The normalized spacial score (nSPS) is 17.7. The van der Waals surface area contributed by atoms with Gasteiger partial charge >= 0.3 is 0 Å². The standard InChI is InChI=1S/C21H23ClN6O/c1-27(2)11-15-12-28(7-8-29-15)14-4-6-18-19(10-14)24-21(23-18)20-16-9-13(22)3-5-17(16)25-26-20/h3-6,9-10,15H,7-8,11-12H2,1-2H3,(H,23,24)(H,25,26). The molecule has 0 bridgehead atoms. The van der Waals surface area contributed by atoms with Crippen molar-refractivity contribution in [3.63, 3.8) is 0 Å². The van der Waals surface area contributed by atoms with Crippen molar-refractivity contribution >= 4 is 39.2 Å². The predicted octanol–water partition coefficient (Wildman–Crippen LogP) is 3.53. The highest BCUT2D eigenvalue weighted by molar-refractivity contribution is 6.31. The number of halogens is 1. The number of nitrogens with one attached hydrogen (secondary N) is 2. The first-order valence-electron chi connectivity index (χ1n) is 9.72. The van der Waals surface area contributed by atoms with Gasteiger partial charge in [0.05, 0.1) is 29.3 Å². The molecule has 1 aliphatic heterocycles. The summed E-state index contributed by atoms with van der Waals surface area (Å²) in [6, 6.07) is 12.0. The van der Waals surface area contributed by atoms with Crippen LogP contribution in [0.4, 0.5) is 5.69 Å². The Morgan fingerprint density at radius 2 is 2.10 bits per heavy atom. The van der Waals surface area contributed by atoms with E-state index in [1.165, 1.54) is 5.69 Å². The Balaban J connectivity index is 1.46. The Morgan fingerprint density at radius 1 is 1.21 bits per heavy atom. The smallest absolute Gasteiger partial charge is 0.159 e. The van der Waals surface area contributed by atoms with Crippen LogP contribution in [-0.4, -0.2) is 71.5 Å². The minimum Gasteiger partial charge on any atom is -0.373 e. The fourth-order valence-corrected chi connectivity index (χ4v) is 4.12. The summed E-state index contributed by atoms with van der Waals surface area (Å²) in [4.78, 5) is 12.7. The molecule has 1 saturated heterocycles.